The van der Waals surface area contributed by atoms with Gasteiger partial charge in [-0.05, 0) is 67.5 Å². The summed E-state index contributed by atoms with van der Waals surface area (Å²) in [6.07, 6.45) is 1.85. The van der Waals surface area contributed by atoms with Gasteiger partial charge in [-0.15, -0.1) is 0 Å². The molecular weight excluding hydrogens is 621 g/mol. The standard InChI is InChI=1S/C33H26BClF2N2O7/c1-33-22(30(42)39(32(33)44)17-8-11-24(36)23(35)13-17)14-21-18(27(33)20-6-3-7-25(37)28(20)40)9-10-19-26(21)31(43)38(29(19)41)16-5-2-4-15(12-16)34(45)46/h2-9,11-13,19,21-22,26-27,40,45-46H,10,14H2,1H3/t19-,21+,22-,26-,27+,33+/m0/s1. The number of allylic oxidation sites excluding steroid dienone is 2. The number of imide groups is 2. The minimum absolute atomic E-state index is 0.00562. The van der Waals surface area contributed by atoms with Crippen LogP contribution < -0.4 is 15.3 Å². The molecule has 46 heavy (non-hydrogen) atoms. The Morgan fingerprint density at radius 2 is 1.59 bits per heavy atom. The maximum Gasteiger partial charge on any atom is 0.488 e. The van der Waals surface area contributed by atoms with E-state index in [0.717, 1.165) is 21.9 Å². The molecule has 3 aromatic carbocycles. The lowest BCUT2D eigenvalue weighted by molar-refractivity contribution is -0.131. The Morgan fingerprint density at radius 1 is 0.870 bits per heavy atom. The maximum absolute atomic E-state index is 14.9. The predicted molar refractivity (Wildman–Crippen MR) is 163 cm³/mol. The first kappa shape index (κ1) is 30.3. The largest absolute Gasteiger partial charge is 0.505 e. The zero-order valence-electron chi connectivity index (χ0n) is 24.2. The summed E-state index contributed by atoms with van der Waals surface area (Å²) in [6.45, 7) is 1.57. The number of hydrogen-bond acceptors (Lipinski definition) is 7. The molecule has 2 saturated heterocycles. The van der Waals surface area contributed by atoms with Crippen LogP contribution in [0.25, 0.3) is 0 Å². The zero-order chi connectivity index (χ0) is 32.8. The van der Waals surface area contributed by atoms with Gasteiger partial charge in [0.1, 0.15) is 5.82 Å². The molecule has 4 aliphatic rings. The van der Waals surface area contributed by atoms with Crippen LogP contribution in [0.5, 0.6) is 5.75 Å². The number of para-hydroxylation sites is 1. The Bertz CT molecular complexity index is 1900. The van der Waals surface area contributed by atoms with E-state index >= 15 is 0 Å². The van der Waals surface area contributed by atoms with Crippen LogP contribution in [0.4, 0.5) is 20.2 Å². The number of phenols is 1. The van der Waals surface area contributed by atoms with Crippen LogP contribution in [0.15, 0.2) is 72.3 Å². The van der Waals surface area contributed by atoms with Gasteiger partial charge in [-0.1, -0.05) is 47.5 Å². The molecule has 2 aliphatic heterocycles. The number of anilines is 2. The van der Waals surface area contributed by atoms with E-state index in [1.165, 1.54) is 48.5 Å². The molecule has 9 nitrogen and oxygen atoms in total. The second kappa shape index (κ2) is 10.6. The quantitative estimate of drug-likeness (QED) is 0.225. The van der Waals surface area contributed by atoms with E-state index in [9.17, 15) is 43.1 Å². The summed E-state index contributed by atoms with van der Waals surface area (Å²) in [5.41, 5.74) is -0.696. The second-order valence-corrected chi connectivity index (χ2v) is 12.8. The Balaban J connectivity index is 1.37. The molecule has 1 saturated carbocycles. The summed E-state index contributed by atoms with van der Waals surface area (Å²) >= 11 is 6.01. The lowest BCUT2D eigenvalue weighted by Gasteiger charge is -2.49. The summed E-state index contributed by atoms with van der Waals surface area (Å²) in [4.78, 5) is 58.4. The summed E-state index contributed by atoms with van der Waals surface area (Å²) in [5.74, 6) is -9.35. The van der Waals surface area contributed by atoms with Crippen LogP contribution >= 0.6 is 11.6 Å². The van der Waals surface area contributed by atoms with Crippen LogP contribution in [0.2, 0.25) is 5.02 Å². The van der Waals surface area contributed by atoms with Gasteiger partial charge in [0.2, 0.25) is 23.6 Å². The van der Waals surface area contributed by atoms with Crippen molar-refractivity contribution in [3.8, 4) is 5.75 Å². The highest BCUT2D eigenvalue weighted by Crippen LogP contribution is 2.64. The number of nitrogens with zero attached hydrogens (tertiary/aromatic N) is 2. The Kier molecular flexibility index (Phi) is 6.96. The molecule has 0 unspecified atom stereocenters. The van der Waals surface area contributed by atoms with Gasteiger partial charge in [0.15, 0.2) is 11.6 Å². The fourth-order valence-corrected chi connectivity index (χ4v) is 8.25. The van der Waals surface area contributed by atoms with E-state index < -0.39 is 83.1 Å². The highest BCUT2D eigenvalue weighted by Gasteiger charge is 2.68. The lowest BCUT2D eigenvalue weighted by Crippen LogP contribution is -2.49. The zero-order valence-corrected chi connectivity index (χ0v) is 25.0. The number of amides is 4. The van der Waals surface area contributed by atoms with Crippen molar-refractivity contribution in [1.29, 1.82) is 0 Å². The van der Waals surface area contributed by atoms with Crippen molar-refractivity contribution >= 4 is 59.2 Å². The van der Waals surface area contributed by atoms with Gasteiger partial charge >= 0.3 is 7.12 Å². The number of halogens is 3. The summed E-state index contributed by atoms with van der Waals surface area (Å²) in [7, 11) is -1.83. The fraction of sp³-hybridized carbons (Fsp3) is 0.273. The van der Waals surface area contributed by atoms with E-state index in [4.69, 9.17) is 11.6 Å². The van der Waals surface area contributed by atoms with E-state index in [-0.39, 0.29) is 40.3 Å². The van der Waals surface area contributed by atoms with E-state index in [2.05, 4.69) is 0 Å². The molecule has 3 aromatic rings. The Morgan fingerprint density at radius 3 is 2.30 bits per heavy atom. The second-order valence-electron chi connectivity index (χ2n) is 12.4. The highest BCUT2D eigenvalue weighted by molar-refractivity contribution is 6.58. The molecule has 0 radical (unpaired) electrons. The van der Waals surface area contributed by atoms with Gasteiger partial charge in [-0.2, -0.15) is 0 Å². The third kappa shape index (κ3) is 4.13. The molecular formula is C33H26BClF2N2O7. The number of benzene rings is 3. The van der Waals surface area contributed by atoms with Crippen LogP contribution in [0.1, 0.15) is 31.2 Å². The fourth-order valence-electron chi connectivity index (χ4n) is 8.07. The van der Waals surface area contributed by atoms with Crippen molar-refractivity contribution in [2.24, 2.45) is 29.1 Å². The number of rotatable bonds is 4. The van der Waals surface area contributed by atoms with Crippen molar-refractivity contribution in [1.82, 2.24) is 0 Å². The molecule has 4 amide bonds. The van der Waals surface area contributed by atoms with Crippen molar-refractivity contribution in [2.75, 3.05) is 9.80 Å². The SMILES string of the molecule is C[C@@]12C(=O)N(c3ccc(F)c(Cl)c3)C(=O)[C@@H]1C[C@@H]1C(=CC[C@@H]3C(=O)N(c4cccc(B(O)O)c4)C(=O)[C@@H]31)[C@@H]2c1cccc(F)c1O. The predicted octanol–water partition coefficient (Wildman–Crippen LogP) is 3.44. The third-order valence-electron chi connectivity index (χ3n) is 10.2. The molecule has 7 rings (SSSR count). The molecule has 0 spiro atoms. The monoisotopic (exact) mass is 646 g/mol. The van der Waals surface area contributed by atoms with Crippen LogP contribution in [-0.2, 0) is 19.2 Å². The average molecular weight is 647 g/mol. The van der Waals surface area contributed by atoms with Gasteiger partial charge in [0.25, 0.3) is 0 Å². The summed E-state index contributed by atoms with van der Waals surface area (Å²) < 4.78 is 28.9. The smallest absolute Gasteiger partial charge is 0.488 e. The lowest BCUT2D eigenvalue weighted by atomic mass is 9.51. The van der Waals surface area contributed by atoms with Crippen LogP contribution in [-0.4, -0.2) is 45.9 Å². The molecule has 0 aromatic heterocycles. The van der Waals surface area contributed by atoms with Gasteiger partial charge < -0.3 is 15.2 Å². The highest BCUT2D eigenvalue weighted by atomic mass is 35.5. The van der Waals surface area contributed by atoms with Gasteiger partial charge in [-0.3, -0.25) is 24.1 Å². The number of phenolic OH excluding ortho intramolecular Hbond substituents is 1. The molecule has 3 fully saturated rings. The minimum Gasteiger partial charge on any atom is -0.505 e. The van der Waals surface area contributed by atoms with Gasteiger partial charge in [0, 0.05) is 11.5 Å². The third-order valence-corrected chi connectivity index (χ3v) is 10.5. The molecule has 0 bridgehead atoms. The maximum atomic E-state index is 14.9. The molecule has 234 valence electrons. The van der Waals surface area contributed by atoms with Crippen molar-refractivity contribution in [3.05, 3.63) is 94.5 Å². The Hall–Kier alpha value is -4.39. The van der Waals surface area contributed by atoms with Crippen LogP contribution in [0, 0.1) is 40.7 Å². The number of aromatic hydroxyl groups is 1. The molecule has 13 heteroatoms. The van der Waals surface area contributed by atoms with Crippen molar-refractivity contribution in [2.45, 2.75) is 25.7 Å². The molecule has 2 aliphatic carbocycles. The molecule has 2 heterocycles. The molecule has 6 atom stereocenters. The van der Waals surface area contributed by atoms with E-state index in [1.54, 1.807) is 13.0 Å². The first-order valence-corrected chi connectivity index (χ1v) is 15.1. The summed E-state index contributed by atoms with van der Waals surface area (Å²) in [5, 5.41) is 30.0. The minimum atomic E-state index is -1.83. The van der Waals surface area contributed by atoms with Crippen molar-refractivity contribution < 1.29 is 43.1 Å². The van der Waals surface area contributed by atoms with E-state index in [1.807, 2.05) is 0 Å². The number of carbonyl (C=O) groups excluding carboxylic acids is 4. The Labute approximate surface area is 266 Å². The molecule has 3 N–H and O–H groups in total. The van der Waals surface area contributed by atoms with Crippen LogP contribution in [0.3, 0.4) is 0 Å². The van der Waals surface area contributed by atoms with E-state index in [0.29, 0.717) is 5.57 Å². The van der Waals surface area contributed by atoms with Gasteiger partial charge in [-0.25, -0.2) is 13.7 Å². The number of fused-ring (bicyclic) bond motifs is 4. The van der Waals surface area contributed by atoms with Gasteiger partial charge in [0.05, 0.1) is 39.6 Å². The number of hydrogen-bond donors (Lipinski definition) is 3. The first-order chi connectivity index (χ1) is 21.9. The average Bonchev–Trinajstić information content (AvgIpc) is 3.40. The normalized spacial score (nSPS) is 28.7. The number of carbonyl (C=O) groups is 4. The first-order valence-electron chi connectivity index (χ1n) is 14.7. The topological polar surface area (TPSA) is 135 Å². The summed E-state index contributed by atoms with van der Waals surface area (Å²) in [6, 6.07) is 13.1. The van der Waals surface area contributed by atoms with Crippen molar-refractivity contribution in [3.63, 3.8) is 0 Å².